The van der Waals surface area contributed by atoms with Crippen molar-refractivity contribution in [3.63, 3.8) is 0 Å². The molecule has 188 valence electrons. The van der Waals surface area contributed by atoms with Gasteiger partial charge in [-0.15, -0.1) is 0 Å². The first kappa shape index (κ1) is 24.8. The quantitative estimate of drug-likeness (QED) is 0.335. The Hall–Kier alpha value is -4.29. The fraction of sp³-hybridized carbons (Fsp3) is 0.217. The zero-order valence-corrected chi connectivity index (χ0v) is 18.9. The zero-order valence-electron chi connectivity index (χ0n) is 18.9. The molecule has 0 fully saturated rings. The Balaban J connectivity index is 1.63. The summed E-state index contributed by atoms with van der Waals surface area (Å²) in [4.78, 5) is 16.2. The Morgan fingerprint density at radius 3 is 2.61 bits per heavy atom. The smallest absolute Gasteiger partial charge is 0.471 e. The lowest BCUT2D eigenvalue weighted by atomic mass is 10.1. The lowest BCUT2D eigenvalue weighted by Gasteiger charge is -2.12. The second-order valence-electron chi connectivity index (χ2n) is 7.56. The number of rotatable bonds is 7. The average molecular weight is 507 g/mol. The number of halogens is 5. The molecule has 0 unspecified atom stereocenters. The number of hydrogen-bond donors (Lipinski definition) is 1. The normalized spacial score (nSPS) is 11.5. The molecule has 0 saturated heterocycles. The summed E-state index contributed by atoms with van der Waals surface area (Å²) in [5.74, 6) is -4.30. The molecule has 36 heavy (non-hydrogen) atoms. The summed E-state index contributed by atoms with van der Waals surface area (Å²) in [5.41, 5.74) is 0.710. The molecule has 0 radical (unpaired) electrons. The summed E-state index contributed by atoms with van der Waals surface area (Å²) in [7, 11) is 1.21. The van der Waals surface area contributed by atoms with Gasteiger partial charge in [-0.2, -0.15) is 23.3 Å². The van der Waals surface area contributed by atoms with Gasteiger partial charge >= 0.3 is 12.1 Å². The summed E-state index contributed by atoms with van der Waals surface area (Å²) in [6.07, 6.45) is -2.54. The SMILES string of the molecule is CCCc1c(NC(=O)c2cccc(-c3noc(C(F)(F)F)n3)c2)cnn1-c1cc(F)c(OC)cc1F. The van der Waals surface area contributed by atoms with E-state index < -0.39 is 29.6 Å². The van der Waals surface area contributed by atoms with Gasteiger partial charge in [0.25, 0.3) is 5.91 Å². The van der Waals surface area contributed by atoms with E-state index in [1.54, 1.807) is 0 Å². The minimum Gasteiger partial charge on any atom is -0.494 e. The number of benzene rings is 2. The molecular formula is C23H18F5N5O3. The van der Waals surface area contributed by atoms with E-state index in [0.29, 0.717) is 18.5 Å². The maximum absolute atomic E-state index is 14.7. The number of carbonyl (C=O) groups excluding carboxylic acids is 1. The van der Waals surface area contributed by atoms with Crippen LogP contribution in [0.5, 0.6) is 5.75 Å². The predicted octanol–water partition coefficient (Wildman–Crippen LogP) is 5.43. The van der Waals surface area contributed by atoms with E-state index in [0.717, 1.165) is 12.1 Å². The molecule has 0 saturated carbocycles. The largest absolute Gasteiger partial charge is 0.494 e. The summed E-state index contributed by atoms with van der Waals surface area (Å²) in [5, 5.41) is 10.1. The van der Waals surface area contributed by atoms with Gasteiger partial charge in [0.15, 0.2) is 17.4 Å². The van der Waals surface area contributed by atoms with Crippen LogP contribution in [-0.2, 0) is 12.6 Å². The molecule has 4 rings (SSSR count). The van der Waals surface area contributed by atoms with Gasteiger partial charge in [0.2, 0.25) is 5.82 Å². The molecule has 0 aliphatic heterocycles. The van der Waals surface area contributed by atoms with Crippen LogP contribution < -0.4 is 10.1 Å². The molecule has 2 aromatic heterocycles. The number of methoxy groups -OCH3 is 1. The van der Waals surface area contributed by atoms with Crippen molar-refractivity contribution in [2.45, 2.75) is 25.9 Å². The Morgan fingerprint density at radius 1 is 1.17 bits per heavy atom. The molecule has 4 aromatic rings. The zero-order chi connectivity index (χ0) is 26.0. The number of carbonyl (C=O) groups is 1. The Labute approximate surface area is 200 Å². The molecule has 0 aliphatic rings. The van der Waals surface area contributed by atoms with Crippen LogP contribution in [0.15, 0.2) is 47.1 Å². The van der Waals surface area contributed by atoms with E-state index in [4.69, 9.17) is 4.74 Å². The number of nitrogens with zero attached hydrogens (tertiary/aromatic N) is 4. The minimum atomic E-state index is -4.80. The number of hydrogen-bond acceptors (Lipinski definition) is 6. The number of nitrogens with one attached hydrogen (secondary N) is 1. The molecular weight excluding hydrogens is 489 g/mol. The van der Waals surface area contributed by atoms with Gasteiger partial charge in [-0.05, 0) is 18.6 Å². The molecule has 0 aliphatic carbocycles. The maximum Gasteiger partial charge on any atom is 0.471 e. The first-order valence-electron chi connectivity index (χ1n) is 10.5. The van der Waals surface area contributed by atoms with Crippen LogP contribution in [-0.4, -0.2) is 32.9 Å². The van der Waals surface area contributed by atoms with E-state index in [2.05, 4.69) is 25.1 Å². The summed E-state index contributed by atoms with van der Waals surface area (Å²) >= 11 is 0. The highest BCUT2D eigenvalue weighted by molar-refractivity contribution is 6.05. The van der Waals surface area contributed by atoms with E-state index in [-0.39, 0.29) is 34.1 Å². The molecule has 0 atom stereocenters. The number of amides is 1. The van der Waals surface area contributed by atoms with Crippen molar-refractivity contribution in [3.8, 4) is 22.8 Å². The van der Waals surface area contributed by atoms with Crippen molar-refractivity contribution in [2.75, 3.05) is 12.4 Å². The lowest BCUT2D eigenvalue weighted by molar-refractivity contribution is -0.159. The van der Waals surface area contributed by atoms with Crippen molar-refractivity contribution >= 4 is 11.6 Å². The van der Waals surface area contributed by atoms with Crippen LogP contribution in [0.3, 0.4) is 0 Å². The van der Waals surface area contributed by atoms with Gasteiger partial charge in [0, 0.05) is 23.3 Å². The number of ether oxygens (including phenoxy) is 1. The van der Waals surface area contributed by atoms with Crippen LogP contribution in [0.2, 0.25) is 0 Å². The third-order valence-electron chi connectivity index (χ3n) is 5.10. The molecule has 1 N–H and O–H groups in total. The van der Waals surface area contributed by atoms with Crippen LogP contribution in [0.25, 0.3) is 17.1 Å². The van der Waals surface area contributed by atoms with Gasteiger partial charge in [-0.25, -0.2) is 13.5 Å². The highest BCUT2D eigenvalue weighted by Gasteiger charge is 2.38. The fourth-order valence-electron chi connectivity index (χ4n) is 3.45. The van der Waals surface area contributed by atoms with Crippen molar-refractivity contribution < 1.29 is 36.0 Å². The van der Waals surface area contributed by atoms with E-state index in [9.17, 15) is 26.7 Å². The number of aromatic nitrogens is 4. The second kappa shape index (κ2) is 9.76. The topological polar surface area (TPSA) is 95.1 Å². The average Bonchev–Trinajstić information content (AvgIpc) is 3.49. The number of alkyl halides is 3. The van der Waals surface area contributed by atoms with Gasteiger partial charge in [0.1, 0.15) is 5.69 Å². The molecule has 0 spiro atoms. The molecule has 13 heteroatoms. The van der Waals surface area contributed by atoms with Crippen molar-refractivity contribution in [1.82, 2.24) is 19.9 Å². The fourth-order valence-corrected chi connectivity index (χ4v) is 3.45. The van der Waals surface area contributed by atoms with Gasteiger partial charge in [-0.1, -0.05) is 30.6 Å². The summed E-state index contributed by atoms with van der Waals surface area (Å²) in [6.45, 7) is 1.86. The Bertz CT molecular complexity index is 1410. The molecule has 1 amide bonds. The Morgan fingerprint density at radius 2 is 1.94 bits per heavy atom. The van der Waals surface area contributed by atoms with Crippen LogP contribution in [0, 0.1) is 11.6 Å². The lowest BCUT2D eigenvalue weighted by Crippen LogP contribution is -2.14. The van der Waals surface area contributed by atoms with E-state index in [1.165, 1.54) is 42.3 Å². The van der Waals surface area contributed by atoms with Crippen LogP contribution in [0.4, 0.5) is 27.6 Å². The van der Waals surface area contributed by atoms with Crippen molar-refractivity contribution in [2.24, 2.45) is 0 Å². The summed E-state index contributed by atoms with van der Waals surface area (Å²) < 4.78 is 77.4. The number of anilines is 1. The molecule has 2 aromatic carbocycles. The first-order valence-corrected chi connectivity index (χ1v) is 10.5. The van der Waals surface area contributed by atoms with Crippen molar-refractivity contribution in [3.05, 3.63) is 71.4 Å². The third kappa shape index (κ3) is 4.90. The highest BCUT2D eigenvalue weighted by Crippen LogP contribution is 2.30. The monoisotopic (exact) mass is 507 g/mol. The molecule has 2 heterocycles. The maximum atomic E-state index is 14.7. The third-order valence-corrected chi connectivity index (χ3v) is 5.10. The standard InChI is InChI=1S/C23H18F5N5O3/c1-3-5-17-16(11-29-33(17)18-9-15(25)19(35-2)10-14(18)24)30-21(34)13-7-4-6-12(8-13)20-31-22(36-32-20)23(26,27)28/h4,6-11H,3,5H2,1-2H3,(H,30,34). The molecule has 0 bridgehead atoms. The van der Waals surface area contributed by atoms with Crippen molar-refractivity contribution in [1.29, 1.82) is 0 Å². The van der Waals surface area contributed by atoms with Gasteiger partial charge < -0.3 is 14.6 Å². The van der Waals surface area contributed by atoms with Gasteiger partial charge in [-0.3, -0.25) is 4.79 Å². The summed E-state index contributed by atoms with van der Waals surface area (Å²) in [6, 6.07) is 7.43. The Kier molecular flexibility index (Phi) is 6.73. The first-order chi connectivity index (χ1) is 17.1. The van der Waals surface area contributed by atoms with E-state index >= 15 is 0 Å². The molecule has 8 nitrogen and oxygen atoms in total. The highest BCUT2D eigenvalue weighted by atomic mass is 19.4. The van der Waals surface area contributed by atoms with Gasteiger partial charge in [0.05, 0.1) is 24.7 Å². The second-order valence-corrected chi connectivity index (χ2v) is 7.56. The van der Waals surface area contributed by atoms with E-state index in [1.807, 2.05) is 6.92 Å². The minimum absolute atomic E-state index is 0.0859. The predicted molar refractivity (Wildman–Crippen MR) is 117 cm³/mol. The van der Waals surface area contributed by atoms with Crippen LogP contribution in [0.1, 0.15) is 35.3 Å². The van der Waals surface area contributed by atoms with Crippen LogP contribution >= 0.6 is 0 Å².